The average Bonchev–Trinajstić information content (AvgIpc) is 2.78. The highest BCUT2D eigenvalue weighted by atomic mass is 32.5. The lowest BCUT2D eigenvalue weighted by molar-refractivity contribution is -0.185. The zero-order chi connectivity index (χ0) is 29.2. The van der Waals surface area contributed by atoms with E-state index in [1.54, 1.807) is 5.48 Å². The maximum Gasteiger partial charge on any atom is 0.429 e. The number of rotatable bonds is 10. The maximum absolute atomic E-state index is 13.7. The maximum atomic E-state index is 13.7. The molecular weight excluding hydrogens is 560 g/mol. The number of nitrogens with one attached hydrogen (secondary N) is 2. The van der Waals surface area contributed by atoms with Crippen LogP contribution in [0.1, 0.15) is 37.3 Å². The summed E-state index contributed by atoms with van der Waals surface area (Å²) in [5, 5.41) is 19.7. The minimum absolute atomic E-state index is 0.00146. The molecule has 216 valence electrons. The van der Waals surface area contributed by atoms with Gasteiger partial charge in [-0.1, -0.05) is 26.4 Å². The van der Waals surface area contributed by atoms with Crippen molar-refractivity contribution in [1.82, 2.24) is 10.8 Å². The number of carbonyl (C=O) groups is 2. The molecule has 0 bridgehead atoms. The van der Waals surface area contributed by atoms with E-state index in [0.717, 1.165) is 0 Å². The van der Waals surface area contributed by atoms with Gasteiger partial charge in [0.05, 0.1) is 5.57 Å². The molecule has 0 radical (unpaired) electrons. The molecule has 9 nitrogen and oxygen atoms in total. The lowest BCUT2D eigenvalue weighted by atomic mass is 9.97. The van der Waals surface area contributed by atoms with Gasteiger partial charge in [-0.2, -0.15) is 13.2 Å². The van der Waals surface area contributed by atoms with Crippen molar-refractivity contribution in [2.75, 3.05) is 6.54 Å². The van der Waals surface area contributed by atoms with Crippen LogP contribution in [0.3, 0.4) is 0 Å². The number of hydrogen-bond acceptors (Lipinski definition) is 5. The van der Waals surface area contributed by atoms with Crippen molar-refractivity contribution in [2.45, 2.75) is 55.8 Å². The Kier molecular flexibility index (Phi) is 8.24. The number of ether oxygens (including phenoxy) is 1. The molecule has 0 aromatic heterocycles. The van der Waals surface area contributed by atoms with Crippen LogP contribution >= 0.6 is 10.2 Å². The summed E-state index contributed by atoms with van der Waals surface area (Å²) in [5.41, 5.74) is 3.98. The number of aliphatic imine (C=N–C) groups is 1. The van der Waals surface area contributed by atoms with Gasteiger partial charge in [-0.25, -0.2) is 10.3 Å². The molecule has 1 unspecified atom stereocenters. The molecule has 6 N–H and O–H groups in total. The van der Waals surface area contributed by atoms with Crippen molar-refractivity contribution in [3.05, 3.63) is 28.8 Å². The molecule has 0 fully saturated rings. The van der Waals surface area contributed by atoms with Crippen molar-refractivity contribution in [1.29, 1.82) is 0 Å². The molecule has 18 heteroatoms. The van der Waals surface area contributed by atoms with Gasteiger partial charge in [0.2, 0.25) is 12.1 Å². The molecular formula is C20H24F8N4O5S. The van der Waals surface area contributed by atoms with Crippen LogP contribution in [0.15, 0.2) is 27.6 Å². The van der Waals surface area contributed by atoms with Crippen LogP contribution in [-0.2, 0) is 16.0 Å². The van der Waals surface area contributed by atoms with E-state index in [-0.39, 0.29) is 43.9 Å². The Morgan fingerprint density at radius 3 is 2.32 bits per heavy atom. The SMILES string of the molecule is CCc1cc(S(F)(F)(F)(F)F)cc2c1O[C@H](C(F)(F)F)C(C(=O)NC(CCCCN=C(N)NO)C(=O)O)=C2. The van der Waals surface area contributed by atoms with Crippen molar-refractivity contribution < 1.29 is 57.2 Å². The molecule has 1 amide bonds. The van der Waals surface area contributed by atoms with Gasteiger partial charge in [0.1, 0.15) is 16.7 Å². The van der Waals surface area contributed by atoms with Gasteiger partial charge in [0.15, 0.2) is 0 Å². The highest BCUT2D eigenvalue weighted by Crippen LogP contribution is 3.02. The van der Waals surface area contributed by atoms with Crippen LogP contribution in [-0.4, -0.2) is 53.0 Å². The van der Waals surface area contributed by atoms with E-state index in [9.17, 15) is 47.3 Å². The average molecular weight is 584 g/mol. The van der Waals surface area contributed by atoms with E-state index < -0.39 is 74.2 Å². The largest absolute Gasteiger partial charge is 0.480 e. The van der Waals surface area contributed by atoms with Gasteiger partial charge in [-0.3, -0.25) is 15.0 Å². The molecule has 0 aliphatic carbocycles. The summed E-state index contributed by atoms with van der Waals surface area (Å²) in [6.07, 6.45) is -8.38. The molecule has 0 spiro atoms. The molecule has 2 atom stereocenters. The van der Waals surface area contributed by atoms with Crippen molar-refractivity contribution >= 4 is 34.1 Å². The molecule has 2 rings (SSSR count). The van der Waals surface area contributed by atoms with Gasteiger partial charge in [-0.15, -0.1) is 0 Å². The number of amides is 1. The van der Waals surface area contributed by atoms with E-state index in [1.165, 1.54) is 6.92 Å². The molecule has 1 aliphatic rings. The molecule has 0 saturated carbocycles. The Labute approximate surface area is 210 Å². The molecule has 38 heavy (non-hydrogen) atoms. The lowest BCUT2D eigenvalue weighted by Crippen LogP contribution is -2.47. The number of hydrogen-bond donors (Lipinski definition) is 5. The van der Waals surface area contributed by atoms with Gasteiger partial charge in [0, 0.05) is 12.1 Å². The quantitative estimate of drug-likeness (QED) is 0.0885. The Morgan fingerprint density at radius 1 is 1.18 bits per heavy atom. The second-order valence-corrected chi connectivity index (χ2v) is 10.6. The topological polar surface area (TPSA) is 146 Å². The van der Waals surface area contributed by atoms with Crippen LogP contribution < -0.4 is 21.3 Å². The van der Waals surface area contributed by atoms with E-state index in [1.807, 2.05) is 5.32 Å². The number of alkyl halides is 3. The summed E-state index contributed by atoms with van der Waals surface area (Å²) in [4.78, 5) is 25.5. The minimum Gasteiger partial charge on any atom is -0.480 e. The number of aryl methyl sites for hydroxylation is 1. The number of unbranched alkanes of at least 4 members (excludes halogenated alkanes) is 1. The number of benzene rings is 1. The van der Waals surface area contributed by atoms with E-state index in [0.29, 0.717) is 6.08 Å². The summed E-state index contributed by atoms with van der Waals surface area (Å²) in [6, 6.07) is -1.84. The highest BCUT2D eigenvalue weighted by Gasteiger charge is 2.66. The fourth-order valence-corrected chi connectivity index (χ4v) is 4.18. The fraction of sp³-hybridized carbons (Fsp3) is 0.450. The second-order valence-electron chi connectivity index (χ2n) is 8.20. The fourth-order valence-electron chi connectivity index (χ4n) is 3.47. The number of guanidine groups is 1. The summed E-state index contributed by atoms with van der Waals surface area (Å²) >= 11 is 0. The monoisotopic (exact) mass is 584 g/mol. The Bertz CT molecular complexity index is 1160. The molecule has 1 heterocycles. The first-order chi connectivity index (χ1) is 17.2. The van der Waals surface area contributed by atoms with Crippen molar-refractivity contribution in [3.63, 3.8) is 0 Å². The second kappa shape index (κ2) is 10.1. The molecule has 1 aromatic carbocycles. The van der Waals surface area contributed by atoms with Crippen LogP contribution in [0.5, 0.6) is 5.75 Å². The zero-order valence-electron chi connectivity index (χ0n) is 19.5. The number of halogens is 8. The first kappa shape index (κ1) is 30.9. The number of carboxylic acid groups (broad SMARTS) is 1. The Morgan fingerprint density at radius 2 is 1.82 bits per heavy atom. The Hall–Kier alpha value is -3.28. The summed E-state index contributed by atoms with van der Waals surface area (Å²) in [7, 11) is -10.3. The predicted octanol–water partition coefficient (Wildman–Crippen LogP) is 4.65. The van der Waals surface area contributed by atoms with Crippen molar-refractivity contribution in [3.8, 4) is 5.75 Å². The van der Waals surface area contributed by atoms with Crippen LogP contribution in [0, 0.1) is 0 Å². The normalized spacial score (nSPS) is 18.7. The third-order valence-corrected chi connectivity index (χ3v) is 6.41. The standard InChI is InChI=1S/C20H24F8N4O5S/c1-2-10-7-12(38(24,25,26,27)28)8-11-9-13(16(20(21,22)23)37-15(10)11)17(33)31-14(18(34)35)5-3-4-6-30-19(29)32-36/h7-9,14,16,36H,2-6H2,1H3,(H,31,33)(H,34,35)(H3,29,30,32)/t14?,16-/m0/s1. The minimum atomic E-state index is -10.3. The third-order valence-electron chi connectivity index (χ3n) is 5.28. The van der Waals surface area contributed by atoms with Gasteiger partial charge in [0.25, 0.3) is 5.91 Å². The number of fused-ring (bicyclic) bond motifs is 1. The zero-order valence-corrected chi connectivity index (χ0v) is 20.3. The lowest BCUT2D eigenvalue weighted by Gasteiger charge is -2.41. The van der Waals surface area contributed by atoms with Crippen molar-refractivity contribution in [2.24, 2.45) is 10.7 Å². The Balaban J connectivity index is 2.43. The highest BCUT2D eigenvalue weighted by molar-refractivity contribution is 8.45. The number of nitrogens with two attached hydrogens (primary N) is 1. The molecule has 1 aromatic rings. The first-order valence-electron chi connectivity index (χ1n) is 10.8. The first-order valence-corrected chi connectivity index (χ1v) is 12.7. The summed E-state index contributed by atoms with van der Waals surface area (Å²) < 4.78 is 113. The number of carboxylic acids is 1. The molecule has 1 aliphatic heterocycles. The van der Waals surface area contributed by atoms with Gasteiger partial charge >= 0.3 is 22.4 Å². The number of nitrogens with zero attached hydrogens (tertiary/aromatic N) is 1. The van der Waals surface area contributed by atoms with Gasteiger partial charge < -0.3 is 20.9 Å². The summed E-state index contributed by atoms with van der Waals surface area (Å²) in [6.45, 7) is 1.24. The van der Waals surface area contributed by atoms with Gasteiger partial charge in [-0.05, 0) is 49.5 Å². The smallest absolute Gasteiger partial charge is 0.429 e. The van der Waals surface area contributed by atoms with Crippen LogP contribution in [0.25, 0.3) is 6.08 Å². The predicted molar refractivity (Wildman–Crippen MR) is 120 cm³/mol. The van der Waals surface area contributed by atoms with E-state index >= 15 is 0 Å². The third kappa shape index (κ3) is 7.86. The number of aliphatic carboxylic acids is 1. The van der Waals surface area contributed by atoms with E-state index in [4.69, 9.17) is 15.7 Å². The number of carbonyl (C=O) groups excluding carboxylic acids is 1. The number of hydroxylamine groups is 1. The molecule has 0 saturated heterocycles. The van der Waals surface area contributed by atoms with Crippen LogP contribution in [0.2, 0.25) is 0 Å². The van der Waals surface area contributed by atoms with Crippen LogP contribution in [0.4, 0.5) is 32.6 Å². The van der Waals surface area contributed by atoms with E-state index in [2.05, 4.69) is 4.99 Å². The summed E-state index contributed by atoms with van der Waals surface area (Å²) in [5.74, 6) is -4.34.